The molecule has 1 heterocycles. The van der Waals surface area contributed by atoms with Gasteiger partial charge in [0.1, 0.15) is 0 Å². The van der Waals surface area contributed by atoms with Crippen LogP contribution in [-0.4, -0.2) is 4.98 Å². The van der Waals surface area contributed by atoms with Crippen molar-refractivity contribution in [3.8, 4) is 11.1 Å². The zero-order valence-electron chi connectivity index (χ0n) is 11.4. The topological polar surface area (TPSA) is 12.9 Å². The third-order valence-electron chi connectivity index (χ3n) is 3.65. The normalized spacial score (nSPS) is 10.5. The molecule has 0 unspecified atom stereocenters. The lowest BCUT2D eigenvalue weighted by atomic mass is 9.99. The number of aromatic nitrogens is 1. The third-order valence-corrected chi connectivity index (χ3v) is 3.65. The average Bonchev–Trinajstić information content (AvgIpc) is 2.53. The highest BCUT2D eigenvalue weighted by molar-refractivity contribution is 6.00. The molecule has 0 saturated heterocycles. The van der Waals surface area contributed by atoms with E-state index in [1.54, 1.807) is 0 Å². The van der Waals surface area contributed by atoms with E-state index in [1.165, 1.54) is 21.9 Å². The Labute approximate surface area is 129 Å². The van der Waals surface area contributed by atoms with Crippen LogP contribution in [0.4, 0.5) is 0 Å². The maximum Gasteiger partial charge on any atom is 0.0715 e. The third kappa shape index (κ3) is 2.37. The Morgan fingerprint density at radius 2 is 1.33 bits per heavy atom. The monoisotopic (exact) mass is 291 g/mol. The smallest absolute Gasteiger partial charge is 0.0715 e. The minimum Gasteiger partial charge on any atom is -0.248 e. The molecule has 0 atom stereocenters. The minimum absolute atomic E-state index is 0. The molecule has 0 aliphatic rings. The summed E-state index contributed by atoms with van der Waals surface area (Å²) >= 11 is 0. The van der Waals surface area contributed by atoms with Gasteiger partial charge >= 0.3 is 0 Å². The molecule has 0 N–H and O–H groups in total. The van der Waals surface area contributed by atoms with Crippen molar-refractivity contribution in [1.82, 2.24) is 4.98 Å². The Kier molecular flexibility index (Phi) is 3.59. The summed E-state index contributed by atoms with van der Waals surface area (Å²) in [5, 5.41) is 2.39. The Balaban J connectivity index is 0.00000132. The highest BCUT2D eigenvalue weighted by Gasteiger charge is 2.05. The molecule has 0 saturated carbocycles. The molecule has 0 aliphatic carbocycles. The number of pyridine rings is 1. The van der Waals surface area contributed by atoms with Crippen molar-refractivity contribution in [2.24, 2.45) is 0 Å². The molecule has 4 aromatic rings. The fourth-order valence-electron chi connectivity index (χ4n) is 2.67. The summed E-state index contributed by atoms with van der Waals surface area (Å²) < 4.78 is 0. The second kappa shape index (κ2) is 5.55. The van der Waals surface area contributed by atoms with Crippen LogP contribution in [0.25, 0.3) is 32.9 Å². The highest BCUT2D eigenvalue weighted by atomic mass is 35.5. The van der Waals surface area contributed by atoms with Crippen LogP contribution >= 0.6 is 12.4 Å². The summed E-state index contributed by atoms with van der Waals surface area (Å²) in [6.07, 6.45) is 0. The predicted molar refractivity (Wildman–Crippen MR) is 91.9 cm³/mol. The first-order valence-electron chi connectivity index (χ1n) is 6.76. The van der Waals surface area contributed by atoms with Crippen LogP contribution in [0.1, 0.15) is 0 Å². The SMILES string of the molecule is Cl.c1ccc(-c2cccc3nc4ccccc4cc23)cc1. The van der Waals surface area contributed by atoms with Gasteiger partial charge in [-0.3, -0.25) is 0 Å². The van der Waals surface area contributed by atoms with Crippen molar-refractivity contribution in [3.05, 3.63) is 78.9 Å². The van der Waals surface area contributed by atoms with Gasteiger partial charge in [0, 0.05) is 10.8 Å². The molecular weight excluding hydrogens is 278 g/mol. The van der Waals surface area contributed by atoms with Crippen LogP contribution in [0.2, 0.25) is 0 Å². The fourth-order valence-corrected chi connectivity index (χ4v) is 2.67. The van der Waals surface area contributed by atoms with Gasteiger partial charge in [-0.25, -0.2) is 4.98 Å². The van der Waals surface area contributed by atoms with Crippen molar-refractivity contribution < 1.29 is 0 Å². The zero-order valence-corrected chi connectivity index (χ0v) is 12.2. The van der Waals surface area contributed by atoms with Crippen molar-refractivity contribution >= 4 is 34.2 Å². The van der Waals surface area contributed by atoms with E-state index in [4.69, 9.17) is 4.98 Å². The van der Waals surface area contributed by atoms with Crippen LogP contribution < -0.4 is 0 Å². The van der Waals surface area contributed by atoms with Gasteiger partial charge in [0.25, 0.3) is 0 Å². The molecular formula is C19H14ClN. The number of benzene rings is 3. The van der Waals surface area contributed by atoms with Crippen LogP contribution in [0.5, 0.6) is 0 Å². The molecule has 21 heavy (non-hydrogen) atoms. The lowest BCUT2D eigenvalue weighted by Gasteiger charge is -2.08. The quantitative estimate of drug-likeness (QED) is 0.423. The molecule has 0 spiro atoms. The van der Waals surface area contributed by atoms with E-state index < -0.39 is 0 Å². The van der Waals surface area contributed by atoms with E-state index in [-0.39, 0.29) is 12.4 Å². The number of rotatable bonds is 1. The van der Waals surface area contributed by atoms with Gasteiger partial charge in [-0.05, 0) is 29.3 Å². The molecule has 1 nitrogen and oxygen atoms in total. The van der Waals surface area contributed by atoms with Crippen LogP contribution in [0.15, 0.2) is 78.9 Å². The molecule has 1 aromatic heterocycles. The Bertz CT molecular complexity index is 901. The summed E-state index contributed by atoms with van der Waals surface area (Å²) in [6, 6.07) is 27.3. The van der Waals surface area contributed by atoms with E-state index in [2.05, 4.69) is 66.7 Å². The number of nitrogens with zero attached hydrogens (tertiary/aromatic N) is 1. The van der Waals surface area contributed by atoms with Gasteiger partial charge < -0.3 is 0 Å². The van der Waals surface area contributed by atoms with E-state index in [9.17, 15) is 0 Å². The molecule has 0 fully saturated rings. The minimum atomic E-state index is 0. The standard InChI is InChI=1S/C19H13N.ClH/c1-2-7-14(8-3-1)16-10-6-12-19-17(16)13-15-9-4-5-11-18(15)20-19;/h1-13H;1H. The number of fused-ring (bicyclic) bond motifs is 2. The van der Waals surface area contributed by atoms with E-state index in [1.807, 2.05) is 12.1 Å². The number of hydrogen-bond acceptors (Lipinski definition) is 1. The second-order valence-corrected chi connectivity index (χ2v) is 4.92. The highest BCUT2D eigenvalue weighted by Crippen LogP contribution is 2.29. The van der Waals surface area contributed by atoms with Gasteiger partial charge in [-0.15, -0.1) is 12.4 Å². The summed E-state index contributed by atoms with van der Waals surface area (Å²) in [7, 11) is 0. The summed E-state index contributed by atoms with van der Waals surface area (Å²) in [5.41, 5.74) is 4.56. The first kappa shape index (κ1) is 13.6. The first-order valence-corrected chi connectivity index (χ1v) is 6.76. The molecule has 102 valence electrons. The largest absolute Gasteiger partial charge is 0.248 e. The van der Waals surface area contributed by atoms with E-state index in [0.29, 0.717) is 0 Å². The number of para-hydroxylation sites is 1. The van der Waals surface area contributed by atoms with Gasteiger partial charge in [0.15, 0.2) is 0 Å². The van der Waals surface area contributed by atoms with E-state index in [0.717, 1.165) is 11.0 Å². The lowest BCUT2D eigenvalue weighted by molar-refractivity contribution is 1.49. The summed E-state index contributed by atoms with van der Waals surface area (Å²) in [5.74, 6) is 0. The molecule has 2 heteroatoms. The van der Waals surface area contributed by atoms with Crippen LogP contribution in [0, 0.1) is 0 Å². The molecule has 3 aromatic carbocycles. The second-order valence-electron chi connectivity index (χ2n) is 4.92. The lowest BCUT2D eigenvalue weighted by Crippen LogP contribution is -1.85. The predicted octanol–water partition coefficient (Wildman–Crippen LogP) is 5.48. The summed E-state index contributed by atoms with van der Waals surface area (Å²) in [4.78, 5) is 4.76. The van der Waals surface area contributed by atoms with Crippen molar-refractivity contribution in [2.75, 3.05) is 0 Å². The molecule has 0 bridgehead atoms. The van der Waals surface area contributed by atoms with E-state index >= 15 is 0 Å². The van der Waals surface area contributed by atoms with Gasteiger partial charge in [0.2, 0.25) is 0 Å². The van der Waals surface area contributed by atoms with Crippen molar-refractivity contribution in [3.63, 3.8) is 0 Å². The zero-order chi connectivity index (χ0) is 13.4. The molecule has 0 radical (unpaired) electrons. The number of halogens is 1. The van der Waals surface area contributed by atoms with Crippen LogP contribution in [-0.2, 0) is 0 Å². The average molecular weight is 292 g/mol. The molecule has 0 aliphatic heterocycles. The molecule has 4 rings (SSSR count). The van der Waals surface area contributed by atoms with Gasteiger partial charge in [-0.2, -0.15) is 0 Å². The number of hydrogen-bond donors (Lipinski definition) is 0. The van der Waals surface area contributed by atoms with Gasteiger partial charge in [-0.1, -0.05) is 60.7 Å². The summed E-state index contributed by atoms with van der Waals surface area (Å²) in [6.45, 7) is 0. The van der Waals surface area contributed by atoms with Crippen molar-refractivity contribution in [2.45, 2.75) is 0 Å². The Morgan fingerprint density at radius 3 is 2.19 bits per heavy atom. The van der Waals surface area contributed by atoms with Crippen molar-refractivity contribution in [1.29, 1.82) is 0 Å². The first-order chi connectivity index (χ1) is 9.92. The Hall–Kier alpha value is -2.38. The maximum atomic E-state index is 4.76. The fraction of sp³-hybridized carbons (Fsp3) is 0. The van der Waals surface area contributed by atoms with Gasteiger partial charge in [0.05, 0.1) is 11.0 Å². The Morgan fingerprint density at radius 1 is 0.619 bits per heavy atom. The molecule has 0 amide bonds. The maximum absolute atomic E-state index is 4.76. The van der Waals surface area contributed by atoms with Crippen LogP contribution in [0.3, 0.4) is 0 Å².